The van der Waals surface area contributed by atoms with Gasteiger partial charge in [-0.25, -0.2) is 0 Å². The Kier molecular flexibility index (Phi) is 2.95. The fourth-order valence-electron chi connectivity index (χ4n) is 2.16. The van der Waals surface area contributed by atoms with E-state index in [4.69, 9.17) is 5.73 Å². The standard InChI is InChI=1S/C13H17F3N2/c1-12(2,8-3-4-8)18-9-5-6-11(17)10(7-9)13(14,15)16/h5-8,18H,3-4,17H2,1-2H3. The Bertz CT molecular complexity index is 448. The molecule has 0 aliphatic heterocycles. The van der Waals surface area contributed by atoms with Crippen LogP contribution in [0.5, 0.6) is 0 Å². The monoisotopic (exact) mass is 258 g/mol. The van der Waals surface area contributed by atoms with Gasteiger partial charge in [-0.05, 0) is 50.8 Å². The average molecular weight is 258 g/mol. The predicted molar refractivity (Wildman–Crippen MR) is 66.3 cm³/mol. The van der Waals surface area contributed by atoms with Crippen molar-refractivity contribution in [2.75, 3.05) is 11.1 Å². The summed E-state index contributed by atoms with van der Waals surface area (Å²) in [5.41, 5.74) is 4.63. The summed E-state index contributed by atoms with van der Waals surface area (Å²) in [6.07, 6.45) is -2.16. The maximum Gasteiger partial charge on any atom is 0.418 e. The van der Waals surface area contributed by atoms with Crippen LogP contribution in [0.15, 0.2) is 18.2 Å². The van der Waals surface area contributed by atoms with Crippen LogP contribution in [0.25, 0.3) is 0 Å². The maximum absolute atomic E-state index is 12.7. The summed E-state index contributed by atoms with van der Waals surface area (Å²) in [6, 6.07) is 3.97. The second kappa shape index (κ2) is 4.07. The van der Waals surface area contributed by atoms with Crippen molar-refractivity contribution in [2.45, 2.75) is 38.4 Å². The molecule has 2 nitrogen and oxygen atoms in total. The fraction of sp³-hybridized carbons (Fsp3) is 0.538. The van der Waals surface area contributed by atoms with Crippen molar-refractivity contribution in [3.8, 4) is 0 Å². The molecule has 1 aromatic carbocycles. The molecule has 5 heteroatoms. The first kappa shape index (κ1) is 13.1. The van der Waals surface area contributed by atoms with Crippen LogP contribution >= 0.6 is 0 Å². The second-order valence-electron chi connectivity index (χ2n) is 5.42. The van der Waals surface area contributed by atoms with Crippen LogP contribution in [0.3, 0.4) is 0 Å². The lowest BCUT2D eigenvalue weighted by Gasteiger charge is -2.28. The number of hydrogen-bond acceptors (Lipinski definition) is 2. The smallest absolute Gasteiger partial charge is 0.398 e. The van der Waals surface area contributed by atoms with E-state index in [1.54, 1.807) is 6.07 Å². The topological polar surface area (TPSA) is 38.0 Å². The molecule has 1 saturated carbocycles. The summed E-state index contributed by atoms with van der Waals surface area (Å²) in [7, 11) is 0. The predicted octanol–water partition coefficient (Wildman–Crippen LogP) is 3.89. The number of nitrogens with one attached hydrogen (secondary N) is 1. The van der Waals surface area contributed by atoms with E-state index in [1.165, 1.54) is 6.07 Å². The van der Waals surface area contributed by atoms with Crippen LogP contribution in [0, 0.1) is 5.92 Å². The SMILES string of the molecule is CC(C)(Nc1ccc(N)c(C(F)(F)F)c1)C1CC1. The molecule has 0 aromatic heterocycles. The van der Waals surface area contributed by atoms with Gasteiger partial charge in [-0.15, -0.1) is 0 Å². The van der Waals surface area contributed by atoms with Crippen molar-refractivity contribution in [1.82, 2.24) is 0 Å². The summed E-state index contributed by atoms with van der Waals surface area (Å²) >= 11 is 0. The molecule has 0 bridgehead atoms. The molecule has 1 fully saturated rings. The van der Waals surface area contributed by atoms with E-state index < -0.39 is 11.7 Å². The molecule has 1 aliphatic carbocycles. The zero-order chi connectivity index (χ0) is 13.6. The molecule has 0 amide bonds. The Hall–Kier alpha value is -1.39. The zero-order valence-corrected chi connectivity index (χ0v) is 10.4. The molecule has 3 N–H and O–H groups in total. The number of rotatable bonds is 3. The minimum absolute atomic E-state index is 0.182. The van der Waals surface area contributed by atoms with Gasteiger partial charge >= 0.3 is 6.18 Å². The van der Waals surface area contributed by atoms with E-state index in [1.807, 2.05) is 13.8 Å². The van der Waals surface area contributed by atoms with Gasteiger partial charge in [0, 0.05) is 16.9 Å². The number of halogens is 3. The Morgan fingerprint density at radius 2 is 1.83 bits per heavy atom. The third-order valence-electron chi connectivity index (χ3n) is 3.42. The summed E-state index contributed by atoms with van der Waals surface area (Å²) < 4.78 is 38.2. The van der Waals surface area contributed by atoms with Crippen molar-refractivity contribution in [3.63, 3.8) is 0 Å². The number of nitrogen functional groups attached to an aromatic ring is 1. The summed E-state index contributed by atoms with van der Waals surface area (Å²) in [5.74, 6) is 0.532. The minimum Gasteiger partial charge on any atom is -0.398 e. The lowest BCUT2D eigenvalue weighted by atomic mass is 9.98. The molecule has 100 valence electrons. The summed E-state index contributed by atoms with van der Waals surface area (Å²) in [5, 5.41) is 3.16. The van der Waals surface area contributed by atoms with Gasteiger partial charge in [0.25, 0.3) is 0 Å². The Balaban J connectivity index is 2.24. The first-order valence-corrected chi connectivity index (χ1v) is 5.95. The highest BCUT2D eigenvalue weighted by Crippen LogP contribution is 2.42. The van der Waals surface area contributed by atoms with Gasteiger partial charge in [-0.1, -0.05) is 0 Å². The molecule has 0 saturated heterocycles. The van der Waals surface area contributed by atoms with Crippen LogP contribution in [-0.4, -0.2) is 5.54 Å². The highest BCUT2D eigenvalue weighted by Gasteiger charge is 2.38. The summed E-state index contributed by atoms with van der Waals surface area (Å²) in [4.78, 5) is 0. The van der Waals surface area contributed by atoms with Crippen molar-refractivity contribution < 1.29 is 13.2 Å². The van der Waals surface area contributed by atoms with Gasteiger partial charge in [0.2, 0.25) is 0 Å². The van der Waals surface area contributed by atoms with Crippen LogP contribution in [0.2, 0.25) is 0 Å². The zero-order valence-electron chi connectivity index (χ0n) is 10.4. The Morgan fingerprint density at radius 3 is 2.33 bits per heavy atom. The maximum atomic E-state index is 12.7. The largest absolute Gasteiger partial charge is 0.418 e. The second-order valence-corrected chi connectivity index (χ2v) is 5.42. The highest BCUT2D eigenvalue weighted by atomic mass is 19.4. The van der Waals surface area contributed by atoms with Crippen LogP contribution < -0.4 is 11.1 Å². The number of anilines is 2. The van der Waals surface area contributed by atoms with E-state index in [0.717, 1.165) is 18.9 Å². The van der Waals surface area contributed by atoms with Gasteiger partial charge in [0.1, 0.15) is 0 Å². The molecule has 1 aliphatic rings. The minimum atomic E-state index is -4.41. The molecule has 1 aromatic rings. The van der Waals surface area contributed by atoms with E-state index >= 15 is 0 Å². The molecule has 0 radical (unpaired) electrons. The number of alkyl halides is 3. The molecule has 0 atom stereocenters. The summed E-state index contributed by atoms with van der Waals surface area (Å²) in [6.45, 7) is 4.02. The van der Waals surface area contributed by atoms with Crippen LogP contribution in [-0.2, 0) is 6.18 Å². The third-order valence-corrected chi connectivity index (χ3v) is 3.42. The number of hydrogen-bond donors (Lipinski definition) is 2. The van der Waals surface area contributed by atoms with Crippen molar-refractivity contribution in [3.05, 3.63) is 23.8 Å². The molecule has 18 heavy (non-hydrogen) atoms. The lowest BCUT2D eigenvalue weighted by Crippen LogP contribution is -2.33. The molecular weight excluding hydrogens is 241 g/mol. The first-order valence-electron chi connectivity index (χ1n) is 5.95. The quantitative estimate of drug-likeness (QED) is 0.807. The van der Waals surface area contributed by atoms with Gasteiger partial charge < -0.3 is 11.1 Å². The van der Waals surface area contributed by atoms with E-state index in [2.05, 4.69) is 5.32 Å². The fourth-order valence-corrected chi connectivity index (χ4v) is 2.16. The Morgan fingerprint density at radius 1 is 1.22 bits per heavy atom. The number of benzene rings is 1. The number of nitrogens with two attached hydrogens (primary N) is 1. The van der Waals surface area contributed by atoms with Gasteiger partial charge in [0.15, 0.2) is 0 Å². The van der Waals surface area contributed by atoms with Crippen molar-refractivity contribution >= 4 is 11.4 Å². The van der Waals surface area contributed by atoms with Crippen LogP contribution in [0.4, 0.5) is 24.5 Å². The molecule has 0 unspecified atom stereocenters. The van der Waals surface area contributed by atoms with Crippen molar-refractivity contribution in [1.29, 1.82) is 0 Å². The lowest BCUT2D eigenvalue weighted by molar-refractivity contribution is -0.136. The molecular formula is C13H17F3N2. The molecule has 0 heterocycles. The van der Waals surface area contributed by atoms with Gasteiger partial charge in [0.05, 0.1) is 5.56 Å². The molecule has 2 rings (SSSR count). The van der Waals surface area contributed by atoms with E-state index in [9.17, 15) is 13.2 Å². The Labute approximate surface area is 104 Å². The first-order chi connectivity index (χ1) is 8.20. The normalized spacial score (nSPS) is 16.7. The molecule has 0 spiro atoms. The third kappa shape index (κ3) is 2.71. The highest BCUT2D eigenvalue weighted by molar-refractivity contribution is 5.59. The van der Waals surface area contributed by atoms with E-state index in [-0.39, 0.29) is 11.2 Å². The van der Waals surface area contributed by atoms with E-state index in [0.29, 0.717) is 11.6 Å². The van der Waals surface area contributed by atoms with Crippen LogP contribution in [0.1, 0.15) is 32.3 Å². The average Bonchev–Trinajstić information content (AvgIpc) is 3.02. The van der Waals surface area contributed by atoms with Gasteiger partial charge in [-0.3, -0.25) is 0 Å². The van der Waals surface area contributed by atoms with Crippen molar-refractivity contribution in [2.24, 2.45) is 5.92 Å². The van der Waals surface area contributed by atoms with Gasteiger partial charge in [-0.2, -0.15) is 13.2 Å².